The van der Waals surface area contributed by atoms with Gasteiger partial charge < -0.3 is 25.2 Å². The smallest absolute Gasteiger partial charge is 0.247 e. The molecule has 4 rings (SSSR count). The fourth-order valence-corrected chi connectivity index (χ4v) is 4.33. The largest absolute Gasteiger partial charge is 0.494 e. The zero-order chi connectivity index (χ0) is 28.8. The Morgan fingerprint density at radius 1 is 1.18 bits per heavy atom. The topological polar surface area (TPSA) is 95.1 Å². The van der Waals surface area contributed by atoms with E-state index in [-0.39, 0.29) is 5.91 Å². The summed E-state index contributed by atoms with van der Waals surface area (Å²) in [5, 5.41) is 7.59. The lowest BCUT2D eigenvalue weighted by molar-refractivity contribution is -0.111. The third-order valence-corrected chi connectivity index (χ3v) is 6.42. The van der Waals surface area contributed by atoms with Gasteiger partial charge in [0.05, 0.1) is 36.8 Å². The van der Waals surface area contributed by atoms with Crippen molar-refractivity contribution in [2.24, 2.45) is 0 Å². The first kappa shape index (κ1) is 28.7. The van der Waals surface area contributed by atoms with Gasteiger partial charge in [-0.15, -0.1) is 0 Å². The average molecular weight is 554 g/mol. The predicted molar refractivity (Wildman–Crippen MR) is 151 cm³/mol. The molecule has 1 amide bonds. The molecular formula is C28H33F2N7O3. The molecule has 0 saturated carbocycles. The SMILES string of the molecule is C=CC(=O)Nc1cc(Nc2cc(N3OCC[C@@H]3c3ccc(F)cc3F)ncn2)c(OC)cc1N(C)CCN(C)C. The summed E-state index contributed by atoms with van der Waals surface area (Å²) in [6.45, 7) is 5.41. The first-order chi connectivity index (χ1) is 19.2. The molecule has 0 bridgehead atoms. The molecule has 212 valence electrons. The van der Waals surface area contributed by atoms with E-state index in [9.17, 15) is 13.6 Å². The number of nitrogens with zero attached hydrogens (tertiary/aromatic N) is 5. The number of hydrogen-bond acceptors (Lipinski definition) is 9. The zero-order valence-electron chi connectivity index (χ0n) is 22.9. The van der Waals surface area contributed by atoms with E-state index in [1.165, 1.54) is 29.6 Å². The van der Waals surface area contributed by atoms with E-state index in [0.29, 0.717) is 53.9 Å². The van der Waals surface area contributed by atoms with E-state index in [2.05, 4.69) is 32.1 Å². The summed E-state index contributed by atoms with van der Waals surface area (Å²) in [7, 11) is 7.46. The van der Waals surface area contributed by atoms with Crippen LogP contribution in [-0.4, -0.2) is 68.7 Å². The highest BCUT2D eigenvalue weighted by Crippen LogP contribution is 2.39. The number of carbonyl (C=O) groups is 1. The minimum absolute atomic E-state index is 0.310. The minimum atomic E-state index is -0.651. The van der Waals surface area contributed by atoms with Crippen LogP contribution >= 0.6 is 0 Å². The van der Waals surface area contributed by atoms with E-state index in [4.69, 9.17) is 9.57 Å². The number of anilines is 5. The van der Waals surface area contributed by atoms with Crippen molar-refractivity contribution in [3.05, 3.63) is 72.6 Å². The minimum Gasteiger partial charge on any atom is -0.494 e. The second-order valence-electron chi connectivity index (χ2n) is 9.50. The number of methoxy groups -OCH3 is 1. The Kier molecular flexibility index (Phi) is 9.12. The summed E-state index contributed by atoms with van der Waals surface area (Å²) in [6.07, 6.45) is 3.06. The Morgan fingerprint density at radius 2 is 1.98 bits per heavy atom. The molecule has 0 unspecified atom stereocenters. The third-order valence-electron chi connectivity index (χ3n) is 6.42. The molecule has 2 aromatic carbocycles. The van der Waals surface area contributed by atoms with Crippen LogP contribution in [0.4, 0.5) is 37.5 Å². The van der Waals surface area contributed by atoms with Gasteiger partial charge in [-0.1, -0.05) is 12.6 Å². The van der Waals surface area contributed by atoms with Crippen molar-refractivity contribution in [2.45, 2.75) is 12.5 Å². The van der Waals surface area contributed by atoms with Crippen LogP contribution in [0.15, 0.2) is 55.4 Å². The number of rotatable bonds is 11. The highest BCUT2D eigenvalue weighted by molar-refractivity contribution is 6.02. The number of halogens is 2. The molecule has 0 spiro atoms. The van der Waals surface area contributed by atoms with Gasteiger partial charge in [0.15, 0.2) is 5.82 Å². The Bertz CT molecular complexity index is 1370. The van der Waals surface area contributed by atoms with Gasteiger partial charge in [0.2, 0.25) is 5.91 Å². The van der Waals surface area contributed by atoms with Gasteiger partial charge in [-0.25, -0.2) is 23.8 Å². The summed E-state index contributed by atoms with van der Waals surface area (Å²) in [5.41, 5.74) is 2.17. The molecule has 2 N–H and O–H groups in total. The Hall–Kier alpha value is -4.29. The van der Waals surface area contributed by atoms with Gasteiger partial charge in [0, 0.05) is 50.3 Å². The molecule has 1 saturated heterocycles. The number of hydrogen-bond donors (Lipinski definition) is 2. The number of benzene rings is 2. The molecule has 3 aromatic rings. The number of nitrogens with one attached hydrogen (secondary N) is 2. The molecule has 0 radical (unpaired) electrons. The lowest BCUT2D eigenvalue weighted by Gasteiger charge is -2.26. The molecule has 10 nitrogen and oxygen atoms in total. The number of amides is 1. The average Bonchev–Trinajstić information content (AvgIpc) is 3.41. The summed E-state index contributed by atoms with van der Waals surface area (Å²) >= 11 is 0. The quantitative estimate of drug-likeness (QED) is 0.333. The van der Waals surface area contributed by atoms with Gasteiger partial charge in [0.1, 0.15) is 29.5 Å². The highest BCUT2D eigenvalue weighted by atomic mass is 19.1. The van der Waals surface area contributed by atoms with E-state index in [1.54, 1.807) is 19.2 Å². The van der Waals surface area contributed by atoms with Crippen molar-refractivity contribution in [3.8, 4) is 5.75 Å². The van der Waals surface area contributed by atoms with Crippen LogP contribution in [-0.2, 0) is 9.63 Å². The number of carbonyl (C=O) groups excluding carboxylic acids is 1. The predicted octanol–water partition coefficient (Wildman–Crippen LogP) is 4.51. The van der Waals surface area contributed by atoms with Crippen LogP contribution in [0.3, 0.4) is 0 Å². The van der Waals surface area contributed by atoms with Gasteiger partial charge >= 0.3 is 0 Å². The second-order valence-corrected chi connectivity index (χ2v) is 9.50. The number of aromatic nitrogens is 2. The van der Waals surface area contributed by atoms with E-state index >= 15 is 0 Å². The first-order valence-electron chi connectivity index (χ1n) is 12.7. The fraction of sp³-hybridized carbons (Fsp3) is 0.321. The first-order valence-corrected chi connectivity index (χ1v) is 12.7. The highest BCUT2D eigenvalue weighted by Gasteiger charge is 2.31. The lowest BCUT2D eigenvalue weighted by Crippen LogP contribution is -2.29. The molecule has 1 aromatic heterocycles. The zero-order valence-corrected chi connectivity index (χ0v) is 22.9. The van der Waals surface area contributed by atoms with Crippen LogP contribution in [0.2, 0.25) is 0 Å². The van der Waals surface area contributed by atoms with E-state index in [0.717, 1.165) is 18.3 Å². The molecular weight excluding hydrogens is 520 g/mol. The van der Waals surface area contributed by atoms with Gasteiger partial charge in [0.25, 0.3) is 0 Å². The maximum absolute atomic E-state index is 14.5. The monoisotopic (exact) mass is 553 g/mol. The molecule has 12 heteroatoms. The molecule has 2 heterocycles. The van der Waals surface area contributed by atoms with Gasteiger partial charge in [-0.05, 0) is 32.3 Å². The molecule has 0 aliphatic carbocycles. The molecule has 40 heavy (non-hydrogen) atoms. The number of likely N-dealkylation sites (N-methyl/N-ethyl adjacent to an activating group) is 2. The summed E-state index contributed by atoms with van der Waals surface area (Å²) in [5.74, 6) is -0.329. The standard InChI is InChI=1S/C28H33F2N7O3/c1-6-28(38)34-21-14-22(25(39-5)15-24(21)36(4)11-10-35(2)3)33-26-16-27(32-17-31-26)37-23(9-12-40-37)19-8-7-18(29)13-20(19)30/h6-8,13-17,23H,1,9-12H2,2-5H3,(H,34,38)(H,31,32,33)/t23-/m1/s1. The lowest BCUT2D eigenvalue weighted by atomic mass is 10.0. The normalized spacial score (nSPS) is 14.8. The molecule has 1 aliphatic heterocycles. The van der Waals surface area contributed by atoms with Crippen molar-refractivity contribution in [1.29, 1.82) is 0 Å². The second kappa shape index (κ2) is 12.7. The Balaban J connectivity index is 1.64. The van der Waals surface area contributed by atoms with Crippen LogP contribution in [0.1, 0.15) is 18.0 Å². The van der Waals surface area contributed by atoms with E-state index in [1.807, 2.05) is 32.1 Å². The van der Waals surface area contributed by atoms with Crippen molar-refractivity contribution < 1.29 is 23.1 Å². The summed E-state index contributed by atoms with van der Waals surface area (Å²) < 4.78 is 33.7. The van der Waals surface area contributed by atoms with Gasteiger partial charge in [-0.3, -0.25) is 9.63 Å². The molecule has 1 atom stereocenters. The van der Waals surface area contributed by atoms with Crippen LogP contribution < -0.4 is 25.3 Å². The van der Waals surface area contributed by atoms with Crippen molar-refractivity contribution >= 4 is 34.6 Å². The molecule has 1 fully saturated rings. The maximum Gasteiger partial charge on any atom is 0.247 e. The Morgan fingerprint density at radius 3 is 2.67 bits per heavy atom. The van der Waals surface area contributed by atoms with Crippen molar-refractivity contribution in [2.75, 3.05) is 68.5 Å². The van der Waals surface area contributed by atoms with Crippen molar-refractivity contribution in [1.82, 2.24) is 14.9 Å². The number of ether oxygens (including phenoxy) is 1. The molecule has 1 aliphatic rings. The Labute approximate surface area is 232 Å². The van der Waals surface area contributed by atoms with Crippen molar-refractivity contribution in [3.63, 3.8) is 0 Å². The van der Waals surface area contributed by atoms with Gasteiger partial charge in [-0.2, -0.15) is 0 Å². The van der Waals surface area contributed by atoms with Crippen LogP contribution in [0.25, 0.3) is 0 Å². The maximum atomic E-state index is 14.5. The third kappa shape index (κ3) is 6.64. The van der Waals surface area contributed by atoms with Crippen LogP contribution in [0, 0.1) is 11.6 Å². The van der Waals surface area contributed by atoms with Crippen LogP contribution in [0.5, 0.6) is 5.75 Å². The summed E-state index contributed by atoms with van der Waals surface area (Å²) in [4.78, 5) is 30.7. The van der Waals surface area contributed by atoms with E-state index < -0.39 is 17.7 Å². The number of hydroxylamine groups is 1. The summed E-state index contributed by atoms with van der Waals surface area (Å²) in [6, 6.07) is 8.24. The fourth-order valence-electron chi connectivity index (χ4n) is 4.33.